The molecule has 0 spiro atoms. The van der Waals surface area contributed by atoms with Gasteiger partial charge in [0.15, 0.2) is 5.82 Å². The van der Waals surface area contributed by atoms with Crippen molar-refractivity contribution in [2.75, 3.05) is 13.1 Å². The van der Waals surface area contributed by atoms with Gasteiger partial charge < -0.3 is 20.4 Å². The number of imidazole rings is 2. The van der Waals surface area contributed by atoms with Gasteiger partial charge in [-0.25, -0.2) is 24.7 Å². The lowest BCUT2D eigenvalue weighted by Crippen LogP contribution is -2.29. The first kappa shape index (κ1) is 21.5. The average Bonchev–Trinajstić information content (AvgIpc) is 3.70. The van der Waals surface area contributed by atoms with Gasteiger partial charge in [0.2, 0.25) is 0 Å². The third-order valence-electron chi connectivity index (χ3n) is 6.81. The number of benzene rings is 1. The van der Waals surface area contributed by atoms with Gasteiger partial charge in [-0.3, -0.25) is 4.90 Å². The molecule has 5 heterocycles. The predicted octanol–water partition coefficient (Wildman–Crippen LogP) is 4.16. The van der Waals surface area contributed by atoms with E-state index < -0.39 is 6.09 Å². The molecule has 4 N–H and O–H groups in total. The van der Waals surface area contributed by atoms with Crippen molar-refractivity contribution in [1.29, 1.82) is 0 Å². The van der Waals surface area contributed by atoms with Gasteiger partial charge in [-0.1, -0.05) is 24.3 Å². The second-order valence-corrected chi connectivity index (χ2v) is 9.02. The highest BCUT2D eigenvalue weighted by atomic mass is 16.4. The van der Waals surface area contributed by atoms with Crippen LogP contribution in [-0.4, -0.2) is 59.1 Å². The summed E-state index contributed by atoms with van der Waals surface area (Å²) in [5.74, 6) is 2.28. The lowest BCUT2D eigenvalue weighted by molar-refractivity contribution is 0.139. The fraction of sp³-hybridized carbons (Fsp3) is 0.320. The summed E-state index contributed by atoms with van der Waals surface area (Å²) < 4.78 is 0. The molecule has 35 heavy (non-hydrogen) atoms. The van der Waals surface area contributed by atoms with Gasteiger partial charge in [0.1, 0.15) is 11.6 Å². The van der Waals surface area contributed by atoms with Gasteiger partial charge in [-0.05, 0) is 37.8 Å². The summed E-state index contributed by atoms with van der Waals surface area (Å²) in [7, 11) is 0. The Morgan fingerprint density at radius 2 is 1.51 bits per heavy atom. The molecule has 4 aromatic rings. The SMILES string of the molecule is O=C(O)N1CCC[C@H]1c1ncc(-c2cnc(-c3ccc(-c4cnc([C@@H]5CCCN5)[nH]4)cc3)nc2)[nH]1. The Labute approximate surface area is 201 Å². The van der Waals surface area contributed by atoms with E-state index in [1.165, 1.54) is 11.3 Å². The van der Waals surface area contributed by atoms with Crippen LogP contribution in [0.4, 0.5) is 4.79 Å². The first-order valence-corrected chi connectivity index (χ1v) is 11.9. The molecule has 0 unspecified atom stereocenters. The molecule has 2 saturated heterocycles. The monoisotopic (exact) mass is 470 g/mol. The van der Waals surface area contributed by atoms with Crippen LogP contribution < -0.4 is 5.32 Å². The van der Waals surface area contributed by atoms with Crippen molar-refractivity contribution in [2.45, 2.75) is 37.8 Å². The number of nitrogens with zero attached hydrogens (tertiary/aromatic N) is 5. The van der Waals surface area contributed by atoms with E-state index in [-0.39, 0.29) is 6.04 Å². The van der Waals surface area contributed by atoms with Crippen molar-refractivity contribution in [3.05, 3.63) is 60.7 Å². The number of hydrogen-bond donors (Lipinski definition) is 4. The van der Waals surface area contributed by atoms with Gasteiger partial charge >= 0.3 is 6.09 Å². The van der Waals surface area contributed by atoms with E-state index in [1.807, 2.05) is 30.5 Å². The predicted molar refractivity (Wildman–Crippen MR) is 129 cm³/mol. The summed E-state index contributed by atoms with van der Waals surface area (Å²) in [5.41, 5.74) is 4.55. The normalized spacial score (nSPS) is 19.9. The van der Waals surface area contributed by atoms with Gasteiger partial charge in [0, 0.05) is 30.1 Å². The quantitative estimate of drug-likeness (QED) is 0.344. The van der Waals surface area contributed by atoms with Crippen molar-refractivity contribution in [3.8, 4) is 33.9 Å². The fourth-order valence-corrected chi connectivity index (χ4v) is 4.93. The van der Waals surface area contributed by atoms with E-state index in [0.717, 1.165) is 59.7 Å². The summed E-state index contributed by atoms with van der Waals surface area (Å²) in [6.45, 7) is 1.57. The summed E-state index contributed by atoms with van der Waals surface area (Å²) >= 11 is 0. The molecule has 2 fully saturated rings. The number of rotatable bonds is 5. The van der Waals surface area contributed by atoms with Gasteiger partial charge in [0.25, 0.3) is 0 Å². The Balaban J connectivity index is 1.16. The first-order valence-electron chi connectivity index (χ1n) is 11.9. The zero-order valence-electron chi connectivity index (χ0n) is 19.1. The third kappa shape index (κ3) is 4.17. The van der Waals surface area contributed by atoms with Crippen LogP contribution in [0.25, 0.3) is 33.9 Å². The third-order valence-corrected chi connectivity index (χ3v) is 6.81. The lowest BCUT2D eigenvalue weighted by Gasteiger charge is -2.19. The second-order valence-electron chi connectivity index (χ2n) is 9.02. The Morgan fingerprint density at radius 3 is 2.23 bits per heavy atom. The maximum Gasteiger partial charge on any atom is 0.407 e. The molecule has 10 heteroatoms. The molecule has 0 aliphatic carbocycles. The second kappa shape index (κ2) is 8.95. The number of aromatic amines is 2. The lowest BCUT2D eigenvalue weighted by atomic mass is 10.1. The number of carboxylic acid groups (broad SMARTS) is 1. The number of nitrogens with one attached hydrogen (secondary N) is 3. The smallest absolute Gasteiger partial charge is 0.407 e. The minimum Gasteiger partial charge on any atom is -0.465 e. The Kier molecular flexibility index (Phi) is 5.49. The molecule has 0 saturated carbocycles. The Hall–Kier alpha value is -4.05. The van der Waals surface area contributed by atoms with E-state index >= 15 is 0 Å². The van der Waals surface area contributed by atoms with Crippen molar-refractivity contribution in [2.24, 2.45) is 0 Å². The highest BCUT2D eigenvalue weighted by Crippen LogP contribution is 2.31. The van der Waals surface area contributed by atoms with Crippen molar-refractivity contribution >= 4 is 6.09 Å². The molecule has 6 rings (SSSR count). The minimum atomic E-state index is -0.914. The number of hydrogen-bond acceptors (Lipinski definition) is 6. The van der Waals surface area contributed by atoms with E-state index in [4.69, 9.17) is 0 Å². The fourth-order valence-electron chi connectivity index (χ4n) is 4.93. The molecule has 2 aliphatic rings. The van der Waals surface area contributed by atoms with Crippen LogP contribution >= 0.6 is 0 Å². The number of carbonyl (C=O) groups is 1. The van der Waals surface area contributed by atoms with Gasteiger partial charge in [-0.2, -0.15) is 0 Å². The van der Waals surface area contributed by atoms with Crippen molar-refractivity contribution in [1.82, 2.24) is 40.1 Å². The minimum absolute atomic E-state index is 0.236. The van der Waals surface area contributed by atoms with Crippen LogP contribution in [0.15, 0.2) is 49.1 Å². The number of aromatic nitrogens is 6. The molecule has 10 nitrogen and oxygen atoms in total. The summed E-state index contributed by atoms with van der Waals surface area (Å²) in [5, 5.41) is 12.9. The molecule has 1 aromatic carbocycles. The molecule has 0 radical (unpaired) electrons. The van der Waals surface area contributed by atoms with E-state index in [0.29, 0.717) is 24.2 Å². The Bertz CT molecular complexity index is 1320. The highest BCUT2D eigenvalue weighted by Gasteiger charge is 2.31. The molecule has 3 aromatic heterocycles. The maximum absolute atomic E-state index is 11.4. The molecule has 178 valence electrons. The largest absolute Gasteiger partial charge is 0.465 e. The number of H-pyrrole nitrogens is 2. The van der Waals surface area contributed by atoms with Crippen LogP contribution in [0.3, 0.4) is 0 Å². The molecule has 0 bridgehead atoms. The number of likely N-dealkylation sites (tertiary alicyclic amines) is 1. The maximum atomic E-state index is 11.4. The van der Waals surface area contributed by atoms with Crippen LogP contribution in [0.1, 0.15) is 49.4 Å². The molecule has 1 amide bonds. The molecular formula is C25H26N8O2. The average molecular weight is 471 g/mol. The van der Waals surface area contributed by atoms with Crippen LogP contribution in [0.2, 0.25) is 0 Å². The Morgan fingerprint density at radius 1 is 0.829 bits per heavy atom. The highest BCUT2D eigenvalue weighted by molar-refractivity contribution is 5.67. The van der Waals surface area contributed by atoms with Crippen molar-refractivity contribution in [3.63, 3.8) is 0 Å². The summed E-state index contributed by atoms with van der Waals surface area (Å²) in [6, 6.07) is 8.18. The van der Waals surface area contributed by atoms with Crippen LogP contribution in [0, 0.1) is 0 Å². The van der Waals surface area contributed by atoms with Gasteiger partial charge in [0.05, 0.1) is 35.9 Å². The molecule has 2 atom stereocenters. The number of amides is 1. The van der Waals surface area contributed by atoms with E-state index in [2.05, 4.69) is 35.2 Å². The zero-order valence-corrected chi connectivity index (χ0v) is 19.1. The molecule has 2 aliphatic heterocycles. The first-order chi connectivity index (χ1) is 17.2. The van der Waals surface area contributed by atoms with E-state index in [9.17, 15) is 9.90 Å². The topological polar surface area (TPSA) is 136 Å². The summed E-state index contributed by atoms with van der Waals surface area (Å²) in [4.78, 5) is 37.6. The van der Waals surface area contributed by atoms with Gasteiger partial charge in [-0.15, -0.1) is 0 Å². The standard InChI is InChI=1S/C25H26N8O2/c34-25(35)33-10-2-4-21(33)24-30-14-20(32-24)17-11-27-22(28-12-17)16-7-5-15(6-8-16)19-13-29-23(31-19)18-3-1-9-26-18/h5-8,11-14,18,21,26H,1-4,9-10H2,(H,29,31)(H,30,32)(H,34,35)/t18-,21-/m0/s1. The van der Waals surface area contributed by atoms with Crippen LogP contribution in [-0.2, 0) is 0 Å². The molecular weight excluding hydrogens is 444 g/mol. The van der Waals surface area contributed by atoms with Crippen molar-refractivity contribution < 1.29 is 9.90 Å². The van der Waals surface area contributed by atoms with Crippen LogP contribution in [0.5, 0.6) is 0 Å². The van der Waals surface area contributed by atoms with E-state index in [1.54, 1.807) is 18.6 Å². The zero-order chi connectivity index (χ0) is 23.8. The summed E-state index contributed by atoms with van der Waals surface area (Å²) in [6.07, 6.45) is 10.1.